The van der Waals surface area contributed by atoms with Gasteiger partial charge in [-0.1, -0.05) is 30.3 Å². The van der Waals surface area contributed by atoms with Gasteiger partial charge in [-0.3, -0.25) is 24.2 Å². The average Bonchev–Trinajstić information content (AvgIpc) is 3.65. The van der Waals surface area contributed by atoms with E-state index in [9.17, 15) is 29.1 Å². The number of carbonyl (C=O) groups excluding carboxylic acids is 4. The lowest BCUT2D eigenvalue weighted by molar-refractivity contribution is -0.147. The number of carbonyl (C=O) groups is 5. The Morgan fingerprint density at radius 3 is 2.29 bits per heavy atom. The second-order valence-corrected chi connectivity index (χ2v) is 10.8. The van der Waals surface area contributed by atoms with Crippen LogP contribution in [0.4, 0.5) is 0 Å². The highest BCUT2D eigenvalue weighted by molar-refractivity contribution is 5.96. The topological polar surface area (TPSA) is 227 Å². The zero-order chi connectivity index (χ0) is 30.8. The summed E-state index contributed by atoms with van der Waals surface area (Å²) in [6.45, 7) is 2.55. The predicted molar refractivity (Wildman–Crippen MR) is 155 cm³/mol. The van der Waals surface area contributed by atoms with Crippen LogP contribution in [0, 0.1) is 0 Å². The monoisotopic (exact) mass is 586 g/mol. The molecule has 2 saturated heterocycles. The quantitative estimate of drug-likeness (QED) is 0.0912. The Bertz CT molecular complexity index is 1160. The van der Waals surface area contributed by atoms with Crippen LogP contribution in [-0.4, -0.2) is 100 Å². The van der Waals surface area contributed by atoms with Crippen molar-refractivity contribution in [1.82, 2.24) is 20.4 Å². The molecule has 0 aromatic heterocycles. The summed E-state index contributed by atoms with van der Waals surface area (Å²) in [5, 5.41) is 14.7. The molecule has 14 nitrogen and oxygen atoms in total. The zero-order valence-electron chi connectivity index (χ0n) is 23.9. The van der Waals surface area contributed by atoms with Gasteiger partial charge >= 0.3 is 5.97 Å². The van der Waals surface area contributed by atoms with Crippen molar-refractivity contribution in [2.75, 3.05) is 19.6 Å². The normalized spacial score (nSPS) is 20.3. The molecule has 1 aromatic carbocycles. The zero-order valence-corrected chi connectivity index (χ0v) is 23.9. The van der Waals surface area contributed by atoms with Crippen LogP contribution >= 0.6 is 0 Å². The first-order chi connectivity index (χ1) is 20.0. The minimum absolute atomic E-state index is 0.0353. The van der Waals surface area contributed by atoms with Gasteiger partial charge in [0.1, 0.15) is 24.2 Å². The van der Waals surface area contributed by atoms with Crippen molar-refractivity contribution >= 4 is 35.6 Å². The molecule has 0 saturated carbocycles. The summed E-state index contributed by atoms with van der Waals surface area (Å²) in [4.78, 5) is 71.2. The Labute approximate surface area is 245 Å². The third-order valence-corrected chi connectivity index (χ3v) is 7.59. The Morgan fingerprint density at radius 1 is 1.00 bits per heavy atom. The van der Waals surface area contributed by atoms with Gasteiger partial charge in [0, 0.05) is 26.1 Å². The maximum Gasteiger partial charge on any atom is 0.326 e. The summed E-state index contributed by atoms with van der Waals surface area (Å²) in [7, 11) is 0. The summed E-state index contributed by atoms with van der Waals surface area (Å²) in [5.74, 6) is -3.04. The molecule has 2 aliphatic rings. The van der Waals surface area contributed by atoms with Gasteiger partial charge in [-0.2, -0.15) is 0 Å². The highest BCUT2D eigenvalue weighted by Crippen LogP contribution is 2.26. The van der Waals surface area contributed by atoms with E-state index in [0.29, 0.717) is 58.2 Å². The molecule has 2 aliphatic heterocycles. The fourth-order valence-corrected chi connectivity index (χ4v) is 5.36. The molecule has 0 spiro atoms. The number of hydrogen-bond donors (Lipinski definition) is 6. The van der Waals surface area contributed by atoms with Gasteiger partial charge in [-0.05, 0) is 51.0 Å². The molecule has 3 rings (SSSR count). The smallest absolute Gasteiger partial charge is 0.326 e. The van der Waals surface area contributed by atoms with Crippen LogP contribution < -0.4 is 27.8 Å². The molecule has 42 heavy (non-hydrogen) atoms. The standard InChI is InChI=1S/C28H42N8O6/c1-17(23(37)34-20(27(41)42)16-18-8-3-2-4-9-18)33-24(38)21-11-6-14-35(21)26(40)22-12-7-15-36(22)25(39)19(29)10-5-13-32-28(30)31/h2-4,8-9,17,19-22H,5-7,10-16,29H2,1H3,(H,33,38)(H,34,37)(H,41,42)(H4,30,31,32)/t17-,19-,20-,21-,22-/m0/s1. The summed E-state index contributed by atoms with van der Waals surface area (Å²) in [5.41, 5.74) is 17.5. The maximum absolute atomic E-state index is 13.6. The first kappa shape index (κ1) is 32.3. The SMILES string of the molecule is C[C@H](NC(=O)[C@@H]1CCCN1C(=O)[C@@H]1CCCN1C(=O)[C@@H](N)CCCN=C(N)N)C(=O)N[C@@H](Cc1ccccc1)C(=O)O. The number of aliphatic imine (C=N–C) groups is 1. The van der Waals surface area contributed by atoms with Crippen LogP contribution in [-0.2, 0) is 30.4 Å². The number of likely N-dealkylation sites (tertiary alicyclic amines) is 2. The van der Waals surface area contributed by atoms with Gasteiger partial charge in [-0.25, -0.2) is 4.79 Å². The molecule has 0 unspecified atom stereocenters. The molecule has 14 heteroatoms. The van der Waals surface area contributed by atoms with Gasteiger partial charge in [0.2, 0.25) is 23.6 Å². The van der Waals surface area contributed by atoms with Crippen LogP contribution in [0.25, 0.3) is 0 Å². The van der Waals surface area contributed by atoms with E-state index in [0.717, 1.165) is 5.56 Å². The highest BCUT2D eigenvalue weighted by Gasteiger charge is 2.43. The fraction of sp³-hybridized carbons (Fsp3) is 0.571. The lowest BCUT2D eigenvalue weighted by Gasteiger charge is -2.32. The van der Waals surface area contributed by atoms with E-state index in [1.807, 2.05) is 6.07 Å². The van der Waals surface area contributed by atoms with Gasteiger partial charge in [0.25, 0.3) is 0 Å². The van der Waals surface area contributed by atoms with E-state index in [-0.39, 0.29) is 24.2 Å². The molecule has 4 amide bonds. The summed E-state index contributed by atoms with van der Waals surface area (Å²) >= 11 is 0. The van der Waals surface area contributed by atoms with Crippen LogP contribution in [0.5, 0.6) is 0 Å². The van der Waals surface area contributed by atoms with Gasteiger partial charge in [0.15, 0.2) is 5.96 Å². The number of aliphatic carboxylic acids is 1. The van der Waals surface area contributed by atoms with Gasteiger partial charge < -0.3 is 42.7 Å². The highest BCUT2D eigenvalue weighted by atomic mass is 16.4. The lowest BCUT2D eigenvalue weighted by atomic mass is 10.1. The third kappa shape index (κ3) is 8.65. The number of hydrogen-bond acceptors (Lipinski definition) is 7. The van der Waals surface area contributed by atoms with Crippen molar-refractivity contribution < 1.29 is 29.1 Å². The maximum atomic E-state index is 13.6. The van der Waals surface area contributed by atoms with Crippen molar-refractivity contribution in [2.24, 2.45) is 22.2 Å². The van der Waals surface area contributed by atoms with Crippen molar-refractivity contribution in [2.45, 2.75) is 82.1 Å². The van der Waals surface area contributed by atoms with Crippen LogP contribution in [0.1, 0.15) is 51.0 Å². The molecule has 1 aromatic rings. The molecule has 5 atom stereocenters. The Balaban J connectivity index is 1.57. The number of amides is 4. The van der Waals surface area contributed by atoms with E-state index in [2.05, 4.69) is 15.6 Å². The van der Waals surface area contributed by atoms with Crippen molar-refractivity contribution in [3.05, 3.63) is 35.9 Å². The van der Waals surface area contributed by atoms with Crippen molar-refractivity contribution in [1.29, 1.82) is 0 Å². The number of rotatable bonds is 13. The first-order valence-electron chi connectivity index (χ1n) is 14.3. The molecular formula is C28H42N8O6. The second-order valence-electron chi connectivity index (χ2n) is 10.8. The van der Waals surface area contributed by atoms with E-state index in [1.165, 1.54) is 16.7 Å². The third-order valence-electron chi connectivity index (χ3n) is 7.59. The summed E-state index contributed by atoms with van der Waals surface area (Å²) < 4.78 is 0. The minimum atomic E-state index is -1.19. The first-order valence-corrected chi connectivity index (χ1v) is 14.3. The van der Waals surface area contributed by atoms with Gasteiger partial charge in [0.05, 0.1) is 6.04 Å². The molecule has 0 radical (unpaired) electrons. The minimum Gasteiger partial charge on any atom is -0.480 e. The van der Waals surface area contributed by atoms with Crippen molar-refractivity contribution in [3.63, 3.8) is 0 Å². The van der Waals surface area contributed by atoms with Crippen LogP contribution in [0.15, 0.2) is 35.3 Å². The predicted octanol–water partition coefficient (Wildman–Crippen LogP) is -1.33. The van der Waals surface area contributed by atoms with Crippen LogP contribution in [0.3, 0.4) is 0 Å². The largest absolute Gasteiger partial charge is 0.480 e. The lowest BCUT2D eigenvalue weighted by Crippen LogP contribution is -2.57. The number of carboxylic acid groups (broad SMARTS) is 1. The molecule has 2 heterocycles. The number of guanidine groups is 1. The summed E-state index contributed by atoms with van der Waals surface area (Å²) in [6.07, 6.45) is 3.05. The fourth-order valence-electron chi connectivity index (χ4n) is 5.36. The molecule has 9 N–H and O–H groups in total. The Hall–Kier alpha value is -4.20. The Kier molecular flexibility index (Phi) is 11.7. The molecule has 2 fully saturated rings. The number of nitrogens with two attached hydrogens (primary N) is 3. The van der Waals surface area contributed by atoms with E-state index < -0.39 is 48.0 Å². The number of carboxylic acids is 1. The molecule has 230 valence electrons. The average molecular weight is 587 g/mol. The second kappa shape index (κ2) is 15.1. The number of nitrogens with one attached hydrogen (secondary N) is 2. The summed E-state index contributed by atoms with van der Waals surface area (Å²) in [6, 6.07) is 4.36. The van der Waals surface area contributed by atoms with E-state index in [1.54, 1.807) is 24.3 Å². The van der Waals surface area contributed by atoms with Gasteiger partial charge in [-0.15, -0.1) is 0 Å². The molecule has 0 aliphatic carbocycles. The molecular weight excluding hydrogens is 544 g/mol. The number of benzene rings is 1. The van der Waals surface area contributed by atoms with E-state index in [4.69, 9.17) is 17.2 Å². The van der Waals surface area contributed by atoms with Crippen molar-refractivity contribution in [3.8, 4) is 0 Å². The Morgan fingerprint density at radius 2 is 1.64 bits per heavy atom. The van der Waals surface area contributed by atoms with E-state index >= 15 is 0 Å². The number of nitrogens with zero attached hydrogens (tertiary/aromatic N) is 3. The van der Waals surface area contributed by atoms with Crippen LogP contribution in [0.2, 0.25) is 0 Å². The molecule has 0 bridgehead atoms.